The van der Waals surface area contributed by atoms with Crippen molar-refractivity contribution < 1.29 is 38.0 Å². The number of fused-ring (bicyclic) bond motifs is 1. The Balaban J connectivity index is 1.26. The molecule has 0 unspecified atom stereocenters. The molecule has 0 atom stereocenters. The maximum atomic E-state index is 11.2. The average molecular weight is 896 g/mol. The van der Waals surface area contributed by atoms with Gasteiger partial charge >= 0.3 is 11.9 Å². The number of unbranched alkanes of at least 4 members (excludes halogenated alkanes) is 6. The van der Waals surface area contributed by atoms with E-state index in [9.17, 15) is 9.59 Å². The van der Waals surface area contributed by atoms with Gasteiger partial charge in [-0.2, -0.15) is 5.10 Å². The number of anilines is 1. The van der Waals surface area contributed by atoms with Gasteiger partial charge in [-0.1, -0.05) is 60.3 Å². The minimum absolute atomic E-state index is 0.384. The summed E-state index contributed by atoms with van der Waals surface area (Å²) in [6, 6.07) is 29.5. The van der Waals surface area contributed by atoms with Gasteiger partial charge in [0.15, 0.2) is 0 Å². The molecule has 0 N–H and O–H groups in total. The lowest BCUT2D eigenvalue weighted by atomic mass is 10.0. The monoisotopic (exact) mass is 895 g/mol. The number of aromatic nitrogens is 1. The van der Waals surface area contributed by atoms with Gasteiger partial charge in [-0.25, -0.2) is 19.6 Å². The molecule has 1 heterocycles. The van der Waals surface area contributed by atoms with Crippen LogP contribution in [0, 0.1) is 23.7 Å². The van der Waals surface area contributed by atoms with Gasteiger partial charge in [-0.15, -0.1) is 0 Å². The van der Waals surface area contributed by atoms with Crippen molar-refractivity contribution >= 4 is 44.8 Å². The van der Waals surface area contributed by atoms with Crippen LogP contribution in [0.15, 0.2) is 121 Å². The standard InChI is InChI=1S/C53H57N3O8S/c1-4-51(57)63-35-14-8-6-12-33-61-47-28-22-42(23-29-47)18-19-44-21-27-45(26-20-43-24-30-48(31-25-43)62-34-13-7-9-15-36-64-52(58)5-2)46(40-44)41-54-56(32-37-60-39-38-59-3)53-55-49-16-10-11-17-50(49)65-53/h4-5,10-11,16-17,21-25,27-31,40-41H,1-2,6-9,12-15,32-39H2,3H3/b54-41+. The molecule has 4 aromatic carbocycles. The van der Waals surface area contributed by atoms with E-state index in [1.165, 1.54) is 12.2 Å². The van der Waals surface area contributed by atoms with Gasteiger partial charge in [0.05, 0.1) is 69.2 Å². The number of benzene rings is 4. The van der Waals surface area contributed by atoms with Crippen molar-refractivity contribution in [2.24, 2.45) is 5.10 Å². The Labute approximate surface area is 387 Å². The highest BCUT2D eigenvalue weighted by Crippen LogP contribution is 2.29. The molecule has 0 aliphatic heterocycles. The van der Waals surface area contributed by atoms with Crippen LogP contribution in [0.4, 0.5) is 5.13 Å². The van der Waals surface area contributed by atoms with E-state index in [2.05, 4.69) is 42.9 Å². The summed E-state index contributed by atoms with van der Waals surface area (Å²) >= 11 is 1.57. The van der Waals surface area contributed by atoms with Crippen molar-refractivity contribution in [2.45, 2.75) is 51.4 Å². The molecule has 0 spiro atoms. The summed E-state index contributed by atoms with van der Waals surface area (Å²) in [4.78, 5) is 27.2. The molecule has 5 rings (SSSR count). The lowest BCUT2D eigenvalue weighted by molar-refractivity contribution is -0.138. The Hall–Kier alpha value is -6.70. The van der Waals surface area contributed by atoms with Crippen LogP contribution in [0.3, 0.4) is 0 Å². The molecule has 0 aliphatic carbocycles. The van der Waals surface area contributed by atoms with E-state index < -0.39 is 0 Å². The van der Waals surface area contributed by atoms with Gasteiger partial charge in [0.2, 0.25) is 5.13 Å². The highest BCUT2D eigenvalue weighted by Gasteiger charge is 2.12. The van der Waals surface area contributed by atoms with E-state index in [1.54, 1.807) is 18.4 Å². The molecule has 12 heteroatoms. The van der Waals surface area contributed by atoms with E-state index in [4.69, 9.17) is 38.5 Å². The second-order valence-corrected chi connectivity index (χ2v) is 15.6. The third-order valence-corrected chi connectivity index (χ3v) is 10.7. The van der Waals surface area contributed by atoms with Gasteiger partial charge in [-0.3, -0.25) is 0 Å². The summed E-state index contributed by atoms with van der Waals surface area (Å²) in [6.07, 6.45) is 11.5. The van der Waals surface area contributed by atoms with Crippen LogP contribution < -0.4 is 14.5 Å². The van der Waals surface area contributed by atoms with E-state index in [-0.39, 0.29) is 11.9 Å². The molecule has 0 aliphatic rings. The van der Waals surface area contributed by atoms with Crippen LogP contribution in [0.2, 0.25) is 0 Å². The molecule has 0 amide bonds. The van der Waals surface area contributed by atoms with Gasteiger partial charge in [0, 0.05) is 47.1 Å². The summed E-state index contributed by atoms with van der Waals surface area (Å²) in [6.45, 7) is 10.7. The first-order valence-electron chi connectivity index (χ1n) is 21.9. The average Bonchev–Trinajstić information content (AvgIpc) is 3.78. The van der Waals surface area contributed by atoms with Crippen LogP contribution in [0.1, 0.15) is 79.2 Å². The quantitative estimate of drug-likeness (QED) is 0.0126. The zero-order valence-corrected chi connectivity index (χ0v) is 38.0. The number of methoxy groups -OCH3 is 1. The number of esters is 2. The van der Waals surface area contributed by atoms with Crippen molar-refractivity contribution in [1.82, 2.24) is 4.98 Å². The second kappa shape index (κ2) is 28.9. The molecule has 1 aromatic heterocycles. The molecular formula is C53H57N3O8S. The maximum absolute atomic E-state index is 11.2. The molecule has 65 heavy (non-hydrogen) atoms. The Morgan fingerprint density at radius 3 is 1.78 bits per heavy atom. The highest BCUT2D eigenvalue weighted by atomic mass is 32.1. The lowest BCUT2D eigenvalue weighted by Gasteiger charge is -2.16. The van der Waals surface area contributed by atoms with Crippen molar-refractivity contribution in [3.05, 3.63) is 144 Å². The number of nitrogens with zero attached hydrogens (tertiary/aromatic N) is 3. The van der Waals surface area contributed by atoms with E-state index >= 15 is 0 Å². The third kappa shape index (κ3) is 18.5. The lowest BCUT2D eigenvalue weighted by Crippen LogP contribution is -2.22. The first-order chi connectivity index (χ1) is 31.9. The number of carbonyl (C=O) groups excluding carboxylic acids is 2. The number of carbonyl (C=O) groups is 2. The largest absolute Gasteiger partial charge is 0.494 e. The molecule has 0 fully saturated rings. The number of ether oxygens (including phenoxy) is 6. The Morgan fingerprint density at radius 1 is 0.646 bits per heavy atom. The van der Waals surface area contributed by atoms with Crippen LogP contribution in [-0.4, -0.2) is 83.0 Å². The highest BCUT2D eigenvalue weighted by molar-refractivity contribution is 7.22. The van der Waals surface area contributed by atoms with Gasteiger partial charge < -0.3 is 28.4 Å². The van der Waals surface area contributed by atoms with Crippen LogP contribution >= 0.6 is 11.3 Å². The second-order valence-electron chi connectivity index (χ2n) is 14.6. The predicted molar refractivity (Wildman–Crippen MR) is 259 cm³/mol. The van der Waals surface area contributed by atoms with Crippen LogP contribution in [-0.2, 0) is 28.5 Å². The minimum Gasteiger partial charge on any atom is -0.494 e. The Kier molecular flexibility index (Phi) is 21.9. The number of hydrogen-bond donors (Lipinski definition) is 0. The molecule has 338 valence electrons. The molecule has 0 bridgehead atoms. The summed E-state index contributed by atoms with van der Waals surface area (Å²) in [5.74, 6) is 14.1. The maximum Gasteiger partial charge on any atom is 0.330 e. The van der Waals surface area contributed by atoms with Crippen molar-refractivity contribution in [3.8, 4) is 35.2 Å². The molecule has 0 saturated carbocycles. The molecule has 5 aromatic rings. The van der Waals surface area contributed by atoms with Crippen molar-refractivity contribution in [1.29, 1.82) is 0 Å². The molecule has 0 radical (unpaired) electrons. The number of rotatable bonds is 27. The minimum atomic E-state index is -0.386. The Morgan fingerprint density at radius 2 is 1.20 bits per heavy atom. The van der Waals surface area contributed by atoms with Crippen LogP contribution in [0.25, 0.3) is 10.2 Å². The van der Waals surface area contributed by atoms with E-state index in [0.717, 1.165) is 106 Å². The number of para-hydroxylation sites is 1. The first-order valence-corrected chi connectivity index (χ1v) is 22.7. The molecular weight excluding hydrogens is 839 g/mol. The fourth-order valence-electron chi connectivity index (χ4n) is 6.07. The summed E-state index contributed by atoms with van der Waals surface area (Å²) in [5, 5.41) is 7.57. The van der Waals surface area contributed by atoms with Crippen molar-refractivity contribution in [2.75, 3.05) is 64.9 Å². The number of hydrazone groups is 1. The number of thiazole rings is 1. The summed E-state index contributed by atoms with van der Waals surface area (Å²) < 4.78 is 34.0. The molecule has 0 saturated heterocycles. The zero-order valence-electron chi connectivity index (χ0n) is 37.1. The normalized spacial score (nSPS) is 10.7. The fraction of sp³-hybridized carbons (Fsp3) is 0.321. The first kappa shape index (κ1) is 49.3. The summed E-state index contributed by atoms with van der Waals surface area (Å²) in [7, 11) is 1.65. The Bertz CT molecular complexity index is 2390. The van der Waals surface area contributed by atoms with Gasteiger partial charge in [0.1, 0.15) is 11.5 Å². The van der Waals surface area contributed by atoms with Gasteiger partial charge in [-0.05, 0) is 130 Å². The van der Waals surface area contributed by atoms with Crippen LogP contribution in [0.5, 0.6) is 11.5 Å². The summed E-state index contributed by atoms with van der Waals surface area (Å²) in [5.41, 5.74) is 5.01. The zero-order chi connectivity index (χ0) is 45.7. The van der Waals surface area contributed by atoms with Crippen molar-refractivity contribution in [3.63, 3.8) is 0 Å². The third-order valence-electron chi connectivity index (χ3n) is 9.61. The predicted octanol–water partition coefficient (Wildman–Crippen LogP) is 9.94. The van der Waals surface area contributed by atoms with Gasteiger partial charge in [0.25, 0.3) is 0 Å². The fourth-order valence-corrected chi connectivity index (χ4v) is 7.02. The molecule has 11 nitrogen and oxygen atoms in total. The van der Waals surface area contributed by atoms with E-state index in [1.807, 2.05) is 96.2 Å². The topological polar surface area (TPSA) is 118 Å². The SMILES string of the molecule is C=CC(=O)OCCCCCCOc1ccc(C#Cc2ccc(C#Cc3ccc(OCCCCCCOC(=O)C=C)cc3)c(/C=N/N(CCOCCOC)c3nc4ccccc4s3)c2)cc1. The van der Waals surface area contributed by atoms with E-state index in [0.29, 0.717) is 52.8 Å². The number of hydrogen-bond acceptors (Lipinski definition) is 12. The smallest absolute Gasteiger partial charge is 0.330 e.